The second-order valence-corrected chi connectivity index (χ2v) is 8.54. The number of hydrogen-bond donors (Lipinski definition) is 2. The molecule has 0 radical (unpaired) electrons. The number of anilines is 2. The number of rotatable bonds is 5. The van der Waals surface area contributed by atoms with Gasteiger partial charge in [0, 0.05) is 5.69 Å². The number of benzene rings is 3. The molecule has 0 spiro atoms. The molecule has 3 rings (SSSR count). The average molecular weight is 456 g/mol. The minimum absolute atomic E-state index is 0.0750. The average Bonchev–Trinajstić information content (AvgIpc) is 2.67. The molecular weight excluding hydrogens is 443 g/mol. The fourth-order valence-electron chi connectivity index (χ4n) is 2.37. The molecule has 0 heterocycles. The summed E-state index contributed by atoms with van der Waals surface area (Å²) in [5, 5.41) is 3.24. The van der Waals surface area contributed by atoms with Crippen LogP contribution in [0.25, 0.3) is 0 Å². The number of sulfonamides is 1. The molecule has 0 saturated heterocycles. The molecule has 0 aromatic heterocycles. The van der Waals surface area contributed by atoms with E-state index in [9.17, 15) is 13.2 Å². The van der Waals surface area contributed by atoms with Gasteiger partial charge in [0.2, 0.25) is 0 Å². The van der Waals surface area contributed by atoms with Crippen molar-refractivity contribution in [3.05, 3.63) is 87.4 Å². The number of carbonyl (C=O) groups is 1. The first kappa shape index (κ1) is 20.5. The van der Waals surface area contributed by atoms with Crippen LogP contribution in [0.1, 0.15) is 10.4 Å². The normalized spacial score (nSPS) is 11.1. The van der Waals surface area contributed by atoms with Crippen molar-refractivity contribution in [3.63, 3.8) is 0 Å². The van der Waals surface area contributed by atoms with E-state index < -0.39 is 15.9 Å². The Balaban J connectivity index is 1.87. The molecule has 3 aromatic rings. The van der Waals surface area contributed by atoms with Gasteiger partial charge in [-0.2, -0.15) is 0 Å². The van der Waals surface area contributed by atoms with Crippen LogP contribution in [0, 0.1) is 0 Å². The third kappa shape index (κ3) is 4.59. The molecule has 9 heteroatoms. The van der Waals surface area contributed by atoms with Crippen molar-refractivity contribution < 1.29 is 13.2 Å². The number of amides is 1. The van der Waals surface area contributed by atoms with E-state index in [0.29, 0.717) is 5.69 Å². The second-order valence-electron chi connectivity index (χ2n) is 5.67. The van der Waals surface area contributed by atoms with Gasteiger partial charge in [-0.05, 0) is 42.5 Å². The van der Waals surface area contributed by atoms with Crippen LogP contribution in [-0.4, -0.2) is 14.3 Å². The first-order chi connectivity index (χ1) is 13.3. The van der Waals surface area contributed by atoms with Crippen LogP contribution in [0.3, 0.4) is 0 Å². The number of carbonyl (C=O) groups excluding carboxylic acids is 1. The monoisotopic (exact) mass is 454 g/mol. The van der Waals surface area contributed by atoms with Crippen molar-refractivity contribution in [2.45, 2.75) is 4.90 Å². The smallest absolute Gasteiger partial charge is 0.261 e. The van der Waals surface area contributed by atoms with Gasteiger partial charge >= 0.3 is 0 Å². The van der Waals surface area contributed by atoms with E-state index in [4.69, 9.17) is 34.8 Å². The van der Waals surface area contributed by atoms with Gasteiger partial charge in [-0.3, -0.25) is 9.52 Å². The molecule has 0 aliphatic rings. The Labute approximate surface area is 177 Å². The summed E-state index contributed by atoms with van der Waals surface area (Å²) in [4.78, 5) is 12.7. The lowest BCUT2D eigenvalue weighted by atomic mass is 10.2. The first-order valence-corrected chi connectivity index (χ1v) is 10.5. The number of nitrogens with one attached hydrogen (secondary N) is 2. The Morgan fingerprint density at radius 1 is 0.821 bits per heavy atom. The lowest BCUT2D eigenvalue weighted by Crippen LogP contribution is -2.15. The van der Waals surface area contributed by atoms with Gasteiger partial charge < -0.3 is 5.32 Å². The predicted octanol–water partition coefficient (Wildman–Crippen LogP) is 5.70. The van der Waals surface area contributed by atoms with E-state index in [0.717, 1.165) is 0 Å². The fraction of sp³-hybridized carbons (Fsp3) is 0. The van der Waals surface area contributed by atoms with Crippen molar-refractivity contribution in [3.8, 4) is 0 Å². The van der Waals surface area contributed by atoms with E-state index in [1.807, 2.05) is 0 Å². The van der Waals surface area contributed by atoms with Gasteiger partial charge in [-0.25, -0.2) is 8.42 Å². The third-order valence-corrected chi connectivity index (χ3v) is 6.26. The Morgan fingerprint density at radius 3 is 2.25 bits per heavy atom. The molecule has 0 saturated carbocycles. The lowest BCUT2D eigenvalue weighted by Gasteiger charge is -2.12. The van der Waals surface area contributed by atoms with E-state index in [-0.39, 0.29) is 31.2 Å². The van der Waals surface area contributed by atoms with Gasteiger partial charge in [0.25, 0.3) is 15.9 Å². The van der Waals surface area contributed by atoms with Gasteiger partial charge in [-0.15, -0.1) is 0 Å². The van der Waals surface area contributed by atoms with Gasteiger partial charge in [0.15, 0.2) is 0 Å². The molecule has 0 aliphatic heterocycles. The Hall–Kier alpha value is -2.25. The number of halogens is 3. The zero-order valence-electron chi connectivity index (χ0n) is 14.1. The molecular formula is C19H13Cl3N2O3S. The summed E-state index contributed by atoms with van der Waals surface area (Å²) in [6.07, 6.45) is 0. The molecule has 2 N–H and O–H groups in total. The maximum Gasteiger partial charge on any atom is 0.261 e. The summed E-state index contributed by atoms with van der Waals surface area (Å²) in [6.45, 7) is 0. The molecule has 0 bridgehead atoms. The van der Waals surface area contributed by atoms with Crippen LogP contribution in [0.4, 0.5) is 11.4 Å². The van der Waals surface area contributed by atoms with E-state index >= 15 is 0 Å². The van der Waals surface area contributed by atoms with Crippen molar-refractivity contribution in [2.24, 2.45) is 0 Å². The molecule has 0 atom stereocenters. The van der Waals surface area contributed by atoms with Crippen LogP contribution >= 0.6 is 34.8 Å². The maximum absolute atomic E-state index is 12.6. The van der Waals surface area contributed by atoms with E-state index in [1.165, 1.54) is 30.3 Å². The Bertz CT molecular complexity index is 1140. The van der Waals surface area contributed by atoms with Crippen molar-refractivity contribution >= 4 is 62.1 Å². The van der Waals surface area contributed by atoms with Crippen LogP contribution < -0.4 is 10.0 Å². The molecule has 0 fully saturated rings. The second kappa shape index (κ2) is 8.41. The van der Waals surface area contributed by atoms with Gasteiger partial charge in [0.05, 0.1) is 31.2 Å². The predicted molar refractivity (Wildman–Crippen MR) is 113 cm³/mol. The highest BCUT2D eigenvalue weighted by molar-refractivity contribution is 7.92. The topological polar surface area (TPSA) is 75.3 Å². The zero-order chi connectivity index (χ0) is 20.3. The quantitative estimate of drug-likeness (QED) is 0.518. The Morgan fingerprint density at radius 2 is 1.54 bits per heavy atom. The highest BCUT2D eigenvalue weighted by Gasteiger charge is 2.17. The van der Waals surface area contributed by atoms with Crippen LogP contribution in [0.2, 0.25) is 15.1 Å². The molecule has 3 aromatic carbocycles. The molecule has 0 aliphatic carbocycles. The molecule has 5 nitrogen and oxygen atoms in total. The van der Waals surface area contributed by atoms with E-state index in [1.54, 1.807) is 36.4 Å². The van der Waals surface area contributed by atoms with Crippen LogP contribution in [-0.2, 0) is 10.0 Å². The molecule has 0 unspecified atom stereocenters. The standard InChI is InChI=1S/C19H13Cl3N2O3S/c20-15-10-9-12(24-28(26,27)13-5-2-1-3-6-13)11-14(15)19(25)23-17-8-4-7-16(21)18(17)22/h1-11,24H,(H,23,25). The highest BCUT2D eigenvalue weighted by atomic mass is 35.5. The fourth-order valence-corrected chi connectivity index (χ4v) is 3.99. The van der Waals surface area contributed by atoms with Crippen molar-refractivity contribution in [2.75, 3.05) is 10.0 Å². The zero-order valence-corrected chi connectivity index (χ0v) is 17.2. The third-order valence-electron chi connectivity index (χ3n) is 3.72. The van der Waals surface area contributed by atoms with Crippen molar-refractivity contribution in [1.82, 2.24) is 0 Å². The largest absolute Gasteiger partial charge is 0.321 e. The first-order valence-electron chi connectivity index (χ1n) is 7.91. The molecule has 144 valence electrons. The lowest BCUT2D eigenvalue weighted by molar-refractivity contribution is 0.102. The summed E-state index contributed by atoms with van der Waals surface area (Å²) in [5.74, 6) is -0.560. The Kier molecular flexibility index (Phi) is 6.15. The molecule has 28 heavy (non-hydrogen) atoms. The summed E-state index contributed by atoms with van der Waals surface area (Å²) in [6, 6.07) is 16.9. The summed E-state index contributed by atoms with van der Waals surface area (Å²) in [5.41, 5.74) is 0.576. The highest BCUT2D eigenvalue weighted by Crippen LogP contribution is 2.31. The summed E-state index contributed by atoms with van der Waals surface area (Å²) >= 11 is 18.1. The number of hydrogen-bond acceptors (Lipinski definition) is 3. The summed E-state index contributed by atoms with van der Waals surface area (Å²) < 4.78 is 27.4. The van der Waals surface area contributed by atoms with Gasteiger partial charge in [-0.1, -0.05) is 59.1 Å². The van der Waals surface area contributed by atoms with Crippen LogP contribution in [0.5, 0.6) is 0 Å². The maximum atomic E-state index is 12.6. The van der Waals surface area contributed by atoms with Crippen molar-refractivity contribution in [1.29, 1.82) is 0 Å². The minimum Gasteiger partial charge on any atom is -0.321 e. The van der Waals surface area contributed by atoms with Crippen LogP contribution in [0.15, 0.2) is 71.6 Å². The summed E-state index contributed by atoms with van der Waals surface area (Å²) in [7, 11) is -3.80. The minimum atomic E-state index is -3.80. The van der Waals surface area contributed by atoms with Gasteiger partial charge in [0.1, 0.15) is 0 Å². The SMILES string of the molecule is O=C(Nc1cccc(Cl)c1Cl)c1cc(NS(=O)(=O)c2ccccc2)ccc1Cl. The van der Waals surface area contributed by atoms with E-state index in [2.05, 4.69) is 10.0 Å². The molecule has 1 amide bonds.